The van der Waals surface area contributed by atoms with Crippen LogP contribution in [0.15, 0.2) is 24.3 Å². The van der Waals surface area contributed by atoms with E-state index >= 15 is 0 Å². The van der Waals surface area contributed by atoms with Gasteiger partial charge in [-0.25, -0.2) is 0 Å². The number of rotatable bonds is 8. The van der Waals surface area contributed by atoms with E-state index < -0.39 is 11.8 Å². The number of nitrogens with one attached hydrogen (secondary N) is 1. The lowest BCUT2D eigenvalue weighted by atomic mass is 10.1. The number of hydrogen-bond donors (Lipinski definition) is 1. The van der Waals surface area contributed by atoms with Gasteiger partial charge < -0.3 is 10.2 Å². The second-order valence-corrected chi connectivity index (χ2v) is 5.59. The average Bonchev–Trinajstić information content (AvgIpc) is 2.55. The van der Waals surface area contributed by atoms with Gasteiger partial charge in [-0.15, -0.1) is 0 Å². The zero-order chi connectivity index (χ0) is 17.2. The molecule has 23 heavy (non-hydrogen) atoms. The van der Waals surface area contributed by atoms with Crippen molar-refractivity contribution in [2.45, 2.75) is 46.5 Å². The van der Waals surface area contributed by atoms with Crippen LogP contribution in [0.1, 0.15) is 56.8 Å². The zero-order valence-corrected chi connectivity index (χ0v) is 14.2. The van der Waals surface area contributed by atoms with Crippen LogP contribution in [0.25, 0.3) is 0 Å². The number of unbranched alkanes of at least 4 members (excludes halogenated alkanes) is 2. The topological polar surface area (TPSA) is 66.5 Å². The minimum absolute atomic E-state index is 0.0377. The number of benzene rings is 1. The summed E-state index contributed by atoms with van der Waals surface area (Å²) < 4.78 is 0. The monoisotopic (exact) mass is 318 g/mol. The van der Waals surface area contributed by atoms with E-state index in [1.54, 1.807) is 29.2 Å². The molecular weight excluding hydrogens is 292 g/mol. The lowest BCUT2D eigenvalue weighted by Crippen LogP contribution is -2.40. The summed E-state index contributed by atoms with van der Waals surface area (Å²) in [5.41, 5.74) is 1.08. The number of amides is 2. The lowest BCUT2D eigenvalue weighted by molar-refractivity contribution is -0.143. The Balaban J connectivity index is 2.68. The van der Waals surface area contributed by atoms with Gasteiger partial charge in [0.25, 0.3) is 0 Å². The minimum atomic E-state index is -0.632. The van der Waals surface area contributed by atoms with Crippen LogP contribution in [0.3, 0.4) is 0 Å². The fraction of sp³-hybridized carbons (Fsp3) is 0.500. The van der Waals surface area contributed by atoms with E-state index in [-0.39, 0.29) is 5.78 Å². The van der Waals surface area contributed by atoms with Crippen molar-refractivity contribution in [2.75, 3.05) is 18.4 Å². The summed E-state index contributed by atoms with van der Waals surface area (Å²) in [5, 5.41) is 2.60. The van der Waals surface area contributed by atoms with Crippen LogP contribution in [0.4, 0.5) is 5.69 Å². The largest absolute Gasteiger partial charge is 0.334 e. The summed E-state index contributed by atoms with van der Waals surface area (Å²) in [7, 11) is 0. The Morgan fingerprint density at radius 3 is 1.91 bits per heavy atom. The van der Waals surface area contributed by atoms with Crippen LogP contribution in [0.2, 0.25) is 0 Å². The Labute approximate surface area is 138 Å². The maximum Gasteiger partial charge on any atom is 0.313 e. The van der Waals surface area contributed by atoms with Crippen LogP contribution in [-0.2, 0) is 9.59 Å². The van der Waals surface area contributed by atoms with Gasteiger partial charge in [-0.3, -0.25) is 14.4 Å². The minimum Gasteiger partial charge on any atom is -0.334 e. The summed E-state index contributed by atoms with van der Waals surface area (Å²) in [4.78, 5) is 37.3. The molecule has 0 heterocycles. The van der Waals surface area contributed by atoms with Crippen LogP contribution in [0.5, 0.6) is 0 Å². The van der Waals surface area contributed by atoms with E-state index in [1.807, 2.05) is 0 Å². The van der Waals surface area contributed by atoms with Gasteiger partial charge in [0.15, 0.2) is 5.78 Å². The molecule has 126 valence electrons. The molecule has 0 aliphatic carbocycles. The third-order valence-electron chi connectivity index (χ3n) is 3.59. The molecule has 0 bridgehead atoms. The number of hydrogen-bond acceptors (Lipinski definition) is 3. The normalized spacial score (nSPS) is 10.2. The first-order valence-electron chi connectivity index (χ1n) is 8.20. The van der Waals surface area contributed by atoms with Crippen molar-refractivity contribution in [3.63, 3.8) is 0 Å². The average molecular weight is 318 g/mol. The van der Waals surface area contributed by atoms with Gasteiger partial charge in [-0.2, -0.15) is 0 Å². The van der Waals surface area contributed by atoms with Crippen molar-refractivity contribution in [3.05, 3.63) is 29.8 Å². The van der Waals surface area contributed by atoms with Crippen molar-refractivity contribution in [3.8, 4) is 0 Å². The molecular formula is C18H26N2O3. The SMILES string of the molecule is CCCCN(CCCC)C(=O)C(=O)Nc1ccc(C(C)=O)cc1. The third kappa shape index (κ3) is 6.22. The molecule has 0 spiro atoms. The zero-order valence-electron chi connectivity index (χ0n) is 14.2. The molecule has 2 amide bonds. The fourth-order valence-electron chi connectivity index (χ4n) is 2.13. The molecule has 5 heteroatoms. The Hall–Kier alpha value is -2.17. The summed E-state index contributed by atoms with van der Waals surface area (Å²) in [6, 6.07) is 6.53. The van der Waals surface area contributed by atoms with E-state index in [0.29, 0.717) is 24.3 Å². The van der Waals surface area contributed by atoms with E-state index in [2.05, 4.69) is 19.2 Å². The molecule has 5 nitrogen and oxygen atoms in total. The van der Waals surface area contributed by atoms with Crippen molar-refractivity contribution >= 4 is 23.3 Å². The molecule has 0 saturated carbocycles. The molecule has 0 aliphatic heterocycles. The fourth-order valence-corrected chi connectivity index (χ4v) is 2.13. The van der Waals surface area contributed by atoms with Crippen molar-refractivity contribution in [1.82, 2.24) is 4.90 Å². The van der Waals surface area contributed by atoms with E-state index in [0.717, 1.165) is 25.7 Å². The van der Waals surface area contributed by atoms with Crippen molar-refractivity contribution < 1.29 is 14.4 Å². The smallest absolute Gasteiger partial charge is 0.313 e. The number of anilines is 1. The second kappa shape index (κ2) is 9.77. The van der Waals surface area contributed by atoms with Crippen LogP contribution in [0, 0.1) is 0 Å². The highest BCUT2D eigenvalue weighted by Crippen LogP contribution is 2.10. The molecule has 1 aromatic rings. The van der Waals surface area contributed by atoms with Gasteiger partial charge in [0.1, 0.15) is 0 Å². The van der Waals surface area contributed by atoms with Crippen LogP contribution in [-0.4, -0.2) is 35.6 Å². The summed E-state index contributed by atoms with van der Waals surface area (Å²) in [6.45, 7) is 6.80. The molecule has 1 N–H and O–H groups in total. The molecule has 0 saturated heterocycles. The highest BCUT2D eigenvalue weighted by Gasteiger charge is 2.21. The van der Waals surface area contributed by atoms with Gasteiger partial charge >= 0.3 is 11.8 Å². The first kappa shape index (κ1) is 18.9. The quantitative estimate of drug-likeness (QED) is 0.591. The number of nitrogens with zero attached hydrogens (tertiary/aromatic N) is 1. The van der Waals surface area contributed by atoms with Crippen LogP contribution >= 0.6 is 0 Å². The number of Topliss-reactive ketones (excluding diaryl/α,β-unsaturated/α-hetero) is 1. The number of carbonyl (C=O) groups excluding carboxylic acids is 3. The molecule has 0 fully saturated rings. The number of ketones is 1. The van der Waals surface area contributed by atoms with Gasteiger partial charge in [0.2, 0.25) is 0 Å². The molecule has 0 atom stereocenters. The molecule has 0 radical (unpaired) electrons. The Kier molecular flexibility index (Phi) is 8.02. The molecule has 0 unspecified atom stereocenters. The van der Waals surface area contributed by atoms with Crippen LogP contribution < -0.4 is 5.32 Å². The molecule has 1 aromatic carbocycles. The summed E-state index contributed by atoms with van der Waals surface area (Å²) in [5.74, 6) is -1.17. The van der Waals surface area contributed by atoms with Crippen molar-refractivity contribution in [1.29, 1.82) is 0 Å². The molecule has 1 rings (SSSR count). The van der Waals surface area contributed by atoms with Crippen molar-refractivity contribution in [2.24, 2.45) is 0 Å². The van der Waals surface area contributed by atoms with Gasteiger partial charge in [-0.1, -0.05) is 26.7 Å². The maximum atomic E-state index is 12.3. The lowest BCUT2D eigenvalue weighted by Gasteiger charge is -2.21. The second-order valence-electron chi connectivity index (χ2n) is 5.59. The van der Waals surface area contributed by atoms with E-state index in [9.17, 15) is 14.4 Å². The summed E-state index contributed by atoms with van der Waals surface area (Å²) >= 11 is 0. The standard InChI is InChI=1S/C18H26N2O3/c1-4-6-12-20(13-7-5-2)18(23)17(22)19-16-10-8-15(9-11-16)14(3)21/h8-11H,4-7,12-13H2,1-3H3,(H,19,22). The Morgan fingerprint density at radius 1 is 0.957 bits per heavy atom. The molecule has 0 aromatic heterocycles. The maximum absolute atomic E-state index is 12.3. The first-order valence-corrected chi connectivity index (χ1v) is 8.20. The third-order valence-corrected chi connectivity index (χ3v) is 3.59. The predicted octanol–water partition coefficient (Wildman–Crippen LogP) is 3.26. The Morgan fingerprint density at radius 2 is 1.48 bits per heavy atom. The van der Waals surface area contributed by atoms with E-state index in [1.165, 1.54) is 6.92 Å². The van der Waals surface area contributed by atoms with Gasteiger partial charge in [-0.05, 0) is 44.0 Å². The first-order chi connectivity index (χ1) is 11.0. The summed E-state index contributed by atoms with van der Waals surface area (Å²) in [6.07, 6.45) is 3.72. The predicted molar refractivity (Wildman–Crippen MR) is 91.5 cm³/mol. The van der Waals surface area contributed by atoms with E-state index in [4.69, 9.17) is 0 Å². The molecule has 0 aliphatic rings. The highest BCUT2D eigenvalue weighted by atomic mass is 16.2. The number of carbonyl (C=O) groups is 3. The van der Waals surface area contributed by atoms with Gasteiger partial charge in [0, 0.05) is 24.3 Å². The van der Waals surface area contributed by atoms with Gasteiger partial charge in [0.05, 0.1) is 0 Å². The highest BCUT2D eigenvalue weighted by molar-refractivity contribution is 6.39. The Bertz CT molecular complexity index is 530.